The van der Waals surface area contributed by atoms with Crippen LogP contribution in [0.5, 0.6) is 0 Å². The van der Waals surface area contributed by atoms with Crippen LogP contribution in [0, 0.1) is 35.5 Å². The van der Waals surface area contributed by atoms with Gasteiger partial charge in [0, 0.05) is 15.0 Å². The lowest BCUT2D eigenvalue weighted by Crippen LogP contribution is -2.33. The fourth-order valence-electron chi connectivity index (χ4n) is 4.61. The number of halogens is 2. The SMILES string of the molecule is [2H]C([2H])(CC/C=C1\C[C@H]2C[C@@H](O)[C@H](/C=C/[C@@H](O)C(C)C(F)(F)C#CC)[C@H]2C1)C(=O)OC(C)(C)C. The molecule has 2 N–H and O–H groups in total. The van der Waals surface area contributed by atoms with E-state index in [9.17, 15) is 23.8 Å². The van der Waals surface area contributed by atoms with E-state index >= 15 is 0 Å². The standard InChI is InChI=1S/C26H38F2O4/c1-6-13-26(27,28)17(2)22(29)12-11-20-21-15-18(14-19(21)16-23(20)30)9-7-8-10-24(31)32-25(3,4)5/h9,11-12,17,19-23,29-30H,7-8,10,14-16H2,1-5H3/b12-11+,18-9+/t17?,19-,20+,21-,22+,23+/m0/s1/i10D2. The molecule has 6 atom stereocenters. The number of hydrogen-bond donors (Lipinski definition) is 2. The highest BCUT2D eigenvalue weighted by Gasteiger charge is 2.45. The third kappa shape index (κ3) is 7.42. The van der Waals surface area contributed by atoms with Gasteiger partial charge in [0.05, 0.1) is 18.1 Å². The number of aliphatic hydroxyl groups is 2. The number of esters is 1. The largest absolute Gasteiger partial charge is 0.460 e. The number of hydrogen-bond acceptors (Lipinski definition) is 4. The molecular formula is C26H38F2O4. The van der Waals surface area contributed by atoms with Crippen LogP contribution in [0.15, 0.2) is 23.8 Å². The molecular weight excluding hydrogens is 414 g/mol. The van der Waals surface area contributed by atoms with Crippen LogP contribution in [0.3, 0.4) is 0 Å². The highest BCUT2D eigenvalue weighted by atomic mass is 19.3. The van der Waals surface area contributed by atoms with Crippen LogP contribution < -0.4 is 0 Å². The van der Waals surface area contributed by atoms with E-state index < -0.39 is 42.0 Å². The molecule has 0 amide bonds. The molecule has 0 bridgehead atoms. The van der Waals surface area contributed by atoms with Gasteiger partial charge in [0.2, 0.25) is 0 Å². The number of allylic oxidation sites excluding steroid dienone is 2. The van der Waals surface area contributed by atoms with Crippen LogP contribution in [-0.4, -0.2) is 39.9 Å². The van der Waals surface area contributed by atoms with E-state index in [4.69, 9.17) is 7.48 Å². The Bertz CT molecular complexity index is 851. The van der Waals surface area contributed by atoms with Gasteiger partial charge < -0.3 is 14.9 Å². The first-order chi connectivity index (χ1) is 15.6. The molecule has 2 fully saturated rings. The number of aliphatic hydroxyl groups excluding tert-OH is 2. The molecule has 0 aromatic heterocycles. The lowest BCUT2D eigenvalue weighted by atomic mass is 9.89. The quantitative estimate of drug-likeness (QED) is 0.306. The summed E-state index contributed by atoms with van der Waals surface area (Å²) in [5.74, 6) is -1.35. The van der Waals surface area contributed by atoms with Crippen LogP contribution in [0.4, 0.5) is 8.78 Å². The van der Waals surface area contributed by atoms with Crippen molar-refractivity contribution in [1.29, 1.82) is 0 Å². The monoisotopic (exact) mass is 454 g/mol. The van der Waals surface area contributed by atoms with Crippen molar-refractivity contribution in [3.63, 3.8) is 0 Å². The zero-order valence-corrected chi connectivity index (χ0v) is 19.7. The van der Waals surface area contributed by atoms with Crippen molar-refractivity contribution in [2.45, 2.75) is 96.8 Å². The van der Waals surface area contributed by atoms with E-state index in [1.807, 2.05) is 12.0 Å². The molecule has 2 saturated carbocycles. The van der Waals surface area contributed by atoms with Gasteiger partial charge in [-0.1, -0.05) is 30.7 Å². The molecule has 2 aliphatic rings. The Hall–Kier alpha value is -1.71. The van der Waals surface area contributed by atoms with Gasteiger partial charge in [-0.25, -0.2) is 0 Å². The minimum absolute atomic E-state index is 0.0195. The Kier molecular flexibility index (Phi) is 8.02. The number of carbonyl (C=O) groups excluding carboxylic acids is 1. The van der Waals surface area contributed by atoms with Crippen molar-refractivity contribution >= 4 is 5.97 Å². The maximum absolute atomic E-state index is 14.0. The molecule has 0 aliphatic heterocycles. The van der Waals surface area contributed by atoms with Crippen LogP contribution >= 0.6 is 0 Å². The highest BCUT2D eigenvalue weighted by Crippen LogP contribution is 2.50. The fourth-order valence-corrected chi connectivity index (χ4v) is 4.61. The smallest absolute Gasteiger partial charge is 0.313 e. The first-order valence-corrected chi connectivity index (χ1v) is 11.3. The minimum Gasteiger partial charge on any atom is -0.460 e. The van der Waals surface area contributed by atoms with Crippen LogP contribution in [0.1, 0.15) is 75.8 Å². The van der Waals surface area contributed by atoms with Gasteiger partial charge in [-0.3, -0.25) is 4.79 Å². The van der Waals surface area contributed by atoms with Crippen molar-refractivity contribution in [3.8, 4) is 11.8 Å². The summed E-state index contributed by atoms with van der Waals surface area (Å²) in [6.07, 6.45) is 3.45. The molecule has 6 heteroatoms. The molecule has 4 nitrogen and oxygen atoms in total. The predicted octanol–water partition coefficient (Wildman–Crippen LogP) is 5.04. The molecule has 2 rings (SSSR count). The third-order valence-electron chi connectivity index (χ3n) is 6.26. The summed E-state index contributed by atoms with van der Waals surface area (Å²) in [6.45, 7) is 7.67. The van der Waals surface area contributed by atoms with Crippen molar-refractivity contribution < 1.29 is 31.3 Å². The molecule has 0 radical (unpaired) electrons. The van der Waals surface area contributed by atoms with Crippen LogP contribution in [0.25, 0.3) is 0 Å². The lowest BCUT2D eigenvalue weighted by Gasteiger charge is -2.23. The maximum Gasteiger partial charge on any atom is 0.313 e. The maximum atomic E-state index is 14.0. The molecule has 32 heavy (non-hydrogen) atoms. The normalized spacial score (nSPS) is 30.3. The van der Waals surface area contributed by atoms with Crippen molar-refractivity contribution in [2.24, 2.45) is 23.7 Å². The summed E-state index contributed by atoms with van der Waals surface area (Å²) >= 11 is 0. The van der Waals surface area contributed by atoms with Gasteiger partial charge in [-0.2, -0.15) is 8.78 Å². The number of alkyl halides is 2. The third-order valence-corrected chi connectivity index (χ3v) is 6.26. The van der Waals surface area contributed by atoms with E-state index in [0.29, 0.717) is 12.8 Å². The Morgan fingerprint density at radius 3 is 2.69 bits per heavy atom. The molecule has 0 saturated heterocycles. The van der Waals surface area contributed by atoms with E-state index in [1.54, 1.807) is 26.8 Å². The fraction of sp³-hybridized carbons (Fsp3) is 0.731. The zero-order chi connectivity index (χ0) is 25.9. The number of fused-ring (bicyclic) bond motifs is 1. The summed E-state index contributed by atoms with van der Waals surface area (Å²) in [5, 5.41) is 20.7. The molecule has 2 aliphatic carbocycles. The van der Waals surface area contributed by atoms with Gasteiger partial charge in [-0.05, 0) is 77.6 Å². The van der Waals surface area contributed by atoms with E-state index in [1.165, 1.54) is 19.9 Å². The summed E-state index contributed by atoms with van der Waals surface area (Å²) in [7, 11) is 0. The number of ether oxygens (including phenoxy) is 1. The Labute approximate surface area is 193 Å². The Balaban J connectivity index is 1.97. The zero-order valence-electron chi connectivity index (χ0n) is 21.7. The second-order valence-corrected chi connectivity index (χ2v) is 9.95. The second-order valence-electron chi connectivity index (χ2n) is 9.95. The van der Waals surface area contributed by atoms with Gasteiger partial charge >= 0.3 is 11.9 Å². The van der Waals surface area contributed by atoms with Crippen LogP contribution in [0.2, 0.25) is 0 Å². The molecule has 180 valence electrons. The van der Waals surface area contributed by atoms with Gasteiger partial charge in [0.1, 0.15) is 5.60 Å². The molecule has 0 aromatic rings. The first-order valence-electron chi connectivity index (χ1n) is 12.3. The summed E-state index contributed by atoms with van der Waals surface area (Å²) in [6, 6.07) is 0. The van der Waals surface area contributed by atoms with E-state index in [0.717, 1.165) is 18.4 Å². The van der Waals surface area contributed by atoms with Gasteiger partial charge in [0.25, 0.3) is 0 Å². The van der Waals surface area contributed by atoms with E-state index in [2.05, 4.69) is 5.92 Å². The second kappa shape index (κ2) is 10.9. The molecule has 1 unspecified atom stereocenters. The molecule has 0 spiro atoms. The first kappa shape index (κ1) is 23.4. The minimum atomic E-state index is -3.30. The lowest BCUT2D eigenvalue weighted by molar-refractivity contribution is -0.154. The van der Waals surface area contributed by atoms with E-state index in [-0.39, 0.29) is 24.2 Å². The summed E-state index contributed by atoms with van der Waals surface area (Å²) in [5.41, 5.74) is 0.402. The predicted molar refractivity (Wildman–Crippen MR) is 121 cm³/mol. The summed E-state index contributed by atoms with van der Waals surface area (Å²) < 4.78 is 49.1. The van der Waals surface area contributed by atoms with Crippen molar-refractivity contribution in [3.05, 3.63) is 23.8 Å². The number of rotatable bonds is 8. The van der Waals surface area contributed by atoms with Crippen LogP contribution in [-0.2, 0) is 9.53 Å². The average molecular weight is 455 g/mol. The number of carbonyl (C=O) groups is 1. The van der Waals surface area contributed by atoms with Gasteiger partial charge in [-0.15, -0.1) is 5.92 Å². The topological polar surface area (TPSA) is 66.8 Å². The molecule has 0 aromatic carbocycles. The Morgan fingerprint density at radius 2 is 2.06 bits per heavy atom. The van der Waals surface area contributed by atoms with Gasteiger partial charge in [0.15, 0.2) is 0 Å². The summed E-state index contributed by atoms with van der Waals surface area (Å²) in [4.78, 5) is 12.1. The Morgan fingerprint density at radius 1 is 1.38 bits per heavy atom. The average Bonchev–Trinajstić information content (AvgIpc) is 3.20. The highest BCUT2D eigenvalue weighted by molar-refractivity contribution is 5.69. The molecule has 0 heterocycles. The van der Waals surface area contributed by atoms with Crippen molar-refractivity contribution in [2.75, 3.05) is 0 Å². The van der Waals surface area contributed by atoms with Crippen molar-refractivity contribution in [1.82, 2.24) is 0 Å².